The molecule has 0 saturated carbocycles. The van der Waals surface area contributed by atoms with Crippen molar-refractivity contribution in [3.05, 3.63) is 0 Å². The lowest BCUT2D eigenvalue weighted by atomic mass is 9.94. The van der Waals surface area contributed by atoms with E-state index in [0.717, 1.165) is 0 Å². The zero-order chi connectivity index (χ0) is 34.3. The van der Waals surface area contributed by atoms with Crippen molar-refractivity contribution < 1.29 is 67.1 Å². The van der Waals surface area contributed by atoms with Gasteiger partial charge in [0.25, 0.3) is 19.4 Å². The summed E-state index contributed by atoms with van der Waals surface area (Å²) in [5, 5.41) is 6.89. The molecule has 0 amide bonds. The lowest BCUT2D eigenvalue weighted by Crippen LogP contribution is -2.35. The quantitative estimate of drug-likeness (QED) is 0.0970. The van der Waals surface area contributed by atoms with Crippen LogP contribution >= 0.6 is 23.2 Å². The van der Waals surface area contributed by atoms with Gasteiger partial charge in [-0.3, -0.25) is 24.0 Å². The van der Waals surface area contributed by atoms with E-state index in [9.17, 15) is 28.8 Å². The lowest BCUT2D eigenvalue weighted by Gasteiger charge is -2.30. The molecule has 250 valence electrons. The van der Waals surface area contributed by atoms with Crippen LogP contribution in [0, 0.1) is 0 Å². The monoisotopic (exact) mass is 662 g/mol. The Morgan fingerprint density at radius 2 is 0.744 bits per heavy atom. The fourth-order valence-corrected chi connectivity index (χ4v) is 3.07. The first-order chi connectivity index (χ1) is 19.6. The molecule has 0 radical (unpaired) electrons. The van der Waals surface area contributed by atoms with Crippen LogP contribution in [0.2, 0.25) is 0 Å². The summed E-state index contributed by atoms with van der Waals surface area (Å²) in [7, 11) is 0. The molecule has 0 bridgehead atoms. The van der Waals surface area contributed by atoms with Gasteiger partial charge < -0.3 is 33.5 Å². The molecule has 0 fully saturated rings. The summed E-state index contributed by atoms with van der Waals surface area (Å²) in [4.78, 5) is 73.4. The molecule has 0 aromatic heterocycles. The summed E-state index contributed by atoms with van der Waals surface area (Å²) in [5.74, 6) is -2.59. The maximum absolute atomic E-state index is 11.4. The Kier molecular flexibility index (Phi) is 23.1. The highest BCUT2D eigenvalue weighted by Gasteiger charge is 2.31. The molecule has 0 spiro atoms. The van der Waals surface area contributed by atoms with Gasteiger partial charge in [-0.15, -0.1) is 23.2 Å². The molecule has 1 N–H and O–H groups in total. The second-order valence-electron chi connectivity index (χ2n) is 11.1. The Morgan fingerprint density at radius 1 is 0.535 bits per heavy atom. The third-order valence-corrected chi connectivity index (χ3v) is 5.41. The average molecular weight is 664 g/mol. The van der Waals surface area contributed by atoms with Crippen LogP contribution in [-0.4, -0.2) is 95.8 Å². The van der Waals surface area contributed by atoms with Crippen molar-refractivity contribution in [2.75, 3.05) is 25.0 Å². The Labute approximate surface area is 261 Å². The first-order valence-electron chi connectivity index (χ1n) is 12.8. The molecular weight excluding hydrogens is 619 g/mol. The number of hydrogen-bond donors (Lipinski definition) is 1. The highest BCUT2D eigenvalue weighted by molar-refractivity contribution is 6.26. The number of ether oxygens (including phenoxy) is 6. The molecule has 0 aliphatic rings. The largest absolute Gasteiger partial charge is 0.483 e. The number of carbonyl (C=O) groups excluding carboxylic acids is 6. The minimum atomic E-state index is -0.813. The fraction of sp³-hybridized carbons (Fsp3) is 0.741. The fourth-order valence-electron chi connectivity index (χ4n) is 2.96. The predicted molar refractivity (Wildman–Crippen MR) is 153 cm³/mol. The van der Waals surface area contributed by atoms with E-state index in [4.69, 9.17) is 52.1 Å². The van der Waals surface area contributed by atoms with Gasteiger partial charge >= 0.3 is 23.9 Å². The summed E-state index contributed by atoms with van der Waals surface area (Å²) < 4.78 is 29.3. The molecule has 0 saturated heterocycles. The summed E-state index contributed by atoms with van der Waals surface area (Å²) in [6.45, 7) is 13.1. The molecule has 0 heterocycles. The summed E-state index contributed by atoms with van der Waals surface area (Å²) in [6.07, 6.45) is 1.93. The second-order valence-corrected chi connectivity index (χ2v) is 11.7. The Bertz CT molecular complexity index is 817. The maximum atomic E-state index is 11.4. The van der Waals surface area contributed by atoms with E-state index in [1.807, 2.05) is 0 Å². The van der Waals surface area contributed by atoms with Crippen LogP contribution in [0.1, 0.15) is 81.1 Å². The van der Waals surface area contributed by atoms with Crippen molar-refractivity contribution in [1.29, 1.82) is 0 Å². The van der Waals surface area contributed by atoms with E-state index < -0.39 is 59.5 Å². The van der Waals surface area contributed by atoms with Crippen molar-refractivity contribution >= 4 is 66.5 Å². The van der Waals surface area contributed by atoms with Crippen molar-refractivity contribution in [2.24, 2.45) is 0 Å². The first kappa shape index (κ1) is 44.3. The molecule has 0 aromatic carbocycles. The summed E-state index contributed by atoms with van der Waals surface area (Å²) in [5.41, 5.74) is -2.91. The van der Waals surface area contributed by atoms with Crippen LogP contribution in [0.25, 0.3) is 0 Å². The Morgan fingerprint density at radius 3 is 0.930 bits per heavy atom. The van der Waals surface area contributed by atoms with Crippen molar-refractivity contribution in [2.45, 2.75) is 103 Å². The summed E-state index contributed by atoms with van der Waals surface area (Å²) in [6, 6.07) is 0. The smallest absolute Gasteiger partial charge is 0.344 e. The third kappa shape index (κ3) is 28.8. The molecule has 0 unspecified atom stereocenters. The van der Waals surface area contributed by atoms with Crippen molar-refractivity contribution in [1.82, 2.24) is 0 Å². The normalized spacial score (nSPS) is 11.1. The van der Waals surface area contributed by atoms with E-state index in [1.54, 1.807) is 55.4 Å². The van der Waals surface area contributed by atoms with Crippen LogP contribution in [0.3, 0.4) is 0 Å². The standard InChI is InChI=1S/C14H22O8.C12H20Cl2O4.CH2O2/c1-13(2,21-11(17)7-19-9-15)5-6-14(3,4)22-12(18)8-20-10-16;1-11(2,17-9(15)7-13)5-6-12(3,4)18-10(16)8-14;2-1-3/h9-10H,5-8H2,1-4H3;5-8H2,1-4H3;1H,(H,2,3). The second kappa shape index (κ2) is 22.4. The third-order valence-electron chi connectivity index (χ3n) is 4.98. The van der Waals surface area contributed by atoms with Crippen molar-refractivity contribution in [3.8, 4) is 0 Å². The van der Waals surface area contributed by atoms with Crippen molar-refractivity contribution in [3.63, 3.8) is 0 Å². The zero-order valence-electron chi connectivity index (χ0n) is 25.9. The van der Waals surface area contributed by atoms with Gasteiger partial charge in [0.2, 0.25) is 0 Å². The highest BCUT2D eigenvalue weighted by atomic mass is 35.5. The van der Waals surface area contributed by atoms with Crippen LogP contribution < -0.4 is 0 Å². The number of esters is 4. The number of alkyl halides is 2. The van der Waals surface area contributed by atoms with Crippen LogP contribution in [-0.2, 0) is 62.0 Å². The van der Waals surface area contributed by atoms with Crippen LogP contribution in [0.4, 0.5) is 0 Å². The van der Waals surface area contributed by atoms with Gasteiger partial charge in [-0.2, -0.15) is 0 Å². The van der Waals surface area contributed by atoms with Gasteiger partial charge in [0.1, 0.15) is 34.2 Å². The minimum Gasteiger partial charge on any atom is -0.483 e. The van der Waals surface area contributed by atoms with E-state index in [2.05, 4.69) is 9.47 Å². The highest BCUT2D eigenvalue weighted by Crippen LogP contribution is 2.26. The van der Waals surface area contributed by atoms with Gasteiger partial charge in [-0.25, -0.2) is 9.59 Å². The van der Waals surface area contributed by atoms with E-state index >= 15 is 0 Å². The molecule has 43 heavy (non-hydrogen) atoms. The first-order valence-corrected chi connectivity index (χ1v) is 13.9. The molecule has 0 aliphatic heterocycles. The van der Waals surface area contributed by atoms with Crippen LogP contribution in [0.5, 0.6) is 0 Å². The molecule has 0 aromatic rings. The maximum Gasteiger partial charge on any atom is 0.344 e. The number of hydrogen-bond acceptors (Lipinski definition) is 13. The molecule has 0 atom stereocenters. The number of halogens is 2. The average Bonchev–Trinajstić information content (AvgIpc) is 2.88. The van der Waals surface area contributed by atoms with Gasteiger partial charge in [-0.05, 0) is 81.1 Å². The molecule has 0 rings (SSSR count). The zero-order valence-corrected chi connectivity index (χ0v) is 27.4. The lowest BCUT2D eigenvalue weighted by molar-refractivity contribution is -0.170. The number of rotatable bonds is 18. The van der Waals surface area contributed by atoms with E-state index in [0.29, 0.717) is 25.7 Å². The molecule has 14 nitrogen and oxygen atoms in total. The van der Waals surface area contributed by atoms with Gasteiger partial charge in [-0.1, -0.05) is 0 Å². The van der Waals surface area contributed by atoms with Gasteiger partial charge in [0, 0.05) is 0 Å². The topological polar surface area (TPSA) is 195 Å². The molecule has 16 heteroatoms. The Balaban J connectivity index is -0.000000692. The molecular formula is C27H44Cl2O14. The SMILES string of the molecule is CC(C)(CCC(C)(C)OC(=O)CCl)OC(=O)CCl.CC(C)(CCC(C)(C)OC(=O)COC=O)OC(=O)COC=O.O=CO. The predicted octanol–water partition coefficient (Wildman–Crippen LogP) is 3.34. The Hall–Kier alpha value is -3.13. The van der Waals surface area contributed by atoms with Crippen LogP contribution in [0.15, 0.2) is 0 Å². The number of carbonyl (C=O) groups is 7. The number of carboxylic acid groups (broad SMARTS) is 1. The van der Waals surface area contributed by atoms with Gasteiger partial charge in [0.05, 0.1) is 0 Å². The summed E-state index contributed by atoms with van der Waals surface area (Å²) >= 11 is 10.8. The van der Waals surface area contributed by atoms with E-state index in [1.165, 1.54) is 0 Å². The van der Waals surface area contributed by atoms with Gasteiger partial charge in [0.15, 0.2) is 13.2 Å². The minimum absolute atomic E-state index is 0.165. The molecule has 0 aliphatic carbocycles. The van der Waals surface area contributed by atoms with E-state index in [-0.39, 0.29) is 31.2 Å².